The number of unbranched alkanes of at least 4 members (excludes halogenated alkanes) is 1. The number of rotatable bonds is 4. The van der Waals surface area contributed by atoms with Crippen LogP contribution in [0.15, 0.2) is 0 Å². The van der Waals surface area contributed by atoms with Gasteiger partial charge in [-0.3, -0.25) is 0 Å². The molecule has 0 aromatic heterocycles. The zero-order chi connectivity index (χ0) is 11.4. The summed E-state index contributed by atoms with van der Waals surface area (Å²) in [5.41, 5.74) is 0. The lowest BCUT2D eigenvalue weighted by Gasteiger charge is -2.27. The minimum atomic E-state index is -1.18. The van der Waals surface area contributed by atoms with Gasteiger partial charge in [0.25, 0.3) is 0 Å². The summed E-state index contributed by atoms with van der Waals surface area (Å²) in [4.78, 5) is 21.7. The van der Waals surface area contributed by atoms with Crippen molar-refractivity contribution in [3.63, 3.8) is 0 Å². The normalized spacial score (nSPS) is 21.9. The molecule has 1 saturated heterocycles. The number of carboxylic acid groups (broad SMARTS) is 2. The molecule has 6 heteroatoms. The molecule has 2 N–H and O–H groups in total. The fraction of sp³-hybridized carbons (Fsp3) is 0.778. The SMILES string of the molecule is CCCCN1CCC(C(=O)O)N1C(=O)O. The predicted octanol–water partition coefficient (Wildman–Crippen LogP) is 0.840. The van der Waals surface area contributed by atoms with Gasteiger partial charge in [0.15, 0.2) is 6.04 Å². The van der Waals surface area contributed by atoms with Gasteiger partial charge in [-0.15, -0.1) is 0 Å². The maximum atomic E-state index is 10.9. The van der Waals surface area contributed by atoms with Crippen LogP contribution in [0.5, 0.6) is 0 Å². The van der Waals surface area contributed by atoms with Gasteiger partial charge in [-0.1, -0.05) is 13.3 Å². The highest BCUT2D eigenvalue weighted by atomic mass is 16.4. The van der Waals surface area contributed by atoms with Crippen LogP contribution in [-0.4, -0.2) is 51.4 Å². The fourth-order valence-electron chi connectivity index (χ4n) is 1.74. The molecule has 1 fully saturated rings. The van der Waals surface area contributed by atoms with E-state index in [-0.39, 0.29) is 0 Å². The van der Waals surface area contributed by atoms with Crippen molar-refractivity contribution in [1.29, 1.82) is 0 Å². The largest absolute Gasteiger partial charge is 0.480 e. The molecule has 1 aliphatic heterocycles. The van der Waals surface area contributed by atoms with Crippen LogP contribution in [0, 0.1) is 0 Å². The average molecular weight is 216 g/mol. The number of carbonyl (C=O) groups is 2. The Balaban J connectivity index is 2.66. The highest BCUT2D eigenvalue weighted by Gasteiger charge is 2.39. The van der Waals surface area contributed by atoms with Crippen molar-refractivity contribution in [1.82, 2.24) is 10.0 Å². The second-order valence-corrected chi connectivity index (χ2v) is 3.58. The van der Waals surface area contributed by atoms with Gasteiger partial charge in [0.2, 0.25) is 0 Å². The Hall–Kier alpha value is -1.30. The van der Waals surface area contributed by atoms with Gasteiger partial charge < -0.3 is 10.2 Å². The molecule has 15 heavy (non-hydrogen) atoms. The summed E-state index contributed by atoms with van der Waals surface area (Å²) >= 11 is 0. The van der Waals surface area contributed by atoms with Crippen LogP contribution in [0.4, 0.5) is 4.79 Å². The monoisotopic (exact) mass is 216 g/mol. The molecular weight excluding hydrogens is 200 g/mol. The average Bonchev–Trinajstić information content (AvgIpc) is 2.58. The molecule has 0 aromatic rings. The van der Waals surface area contributed by atoms with Gasteiger partial charge >= 0.3 is 12.1 Å². The zero-order valence-corrected chi connectivity index (χ0v) is 8.72. The summed E-state index contributed by atoms with van der Waals surface area (Å²) in [5.74, 6) is -1.07. The first-order valence-electron chi connectivity index (χ1n) is 5.07. The first-order chi connectivity index (χ1) is 7.07. The third kappa shape index (κ3) is 2.59. The van der Waals surface area contributed by atoms with E-state index in [1.165, 1.54) is 0 Å². The number of hydrogen-bond donors (Lipinski definition) is 2. The van der Waals surface area contributed by atoms with Gasteiger partial charge in [-0.25, -0.2) is 19.6 Å². The van der Waals surface area contributed by atoms with E-state index < -0.39 is 18.1 Å². The Labute approximate surface area is 88.1 Å². The van der Waals surface area contributed by atoms with Gasteiger partial charge in [-0.2, -0.15) is 0 Å². The molecule has 6 nitrogen and oxygen atoms in total. The summed E-state index contributed by atoms with van der Waals surface area (Å²) < 4.78 is 0. The standard InChI is InChI=1S/C9H16N2O4/c1-2-3-5-10-6-4-7(8(12)13)11(10)9(14)15/h7H,2-6H2,1H3,(H,12,13)(H,14,15). The van der Waals surface area contributed by atoms with Crippen LogP contribution < -0.4 is 0 Å². The zero-order valence-electron chi connectivity index (χ0n) is 8.72. The first-order valence-corrected chi connectivity index (χ1v) is 5.07. The van der Waals surface area contributed by atoms with Crippen molar-refractivity contribution in [2.75, 3.05) is 13.1 Å². The molecule has 86 valence electrons. The van der Waals surface area contributed by atoms with Crippen LogP contribution in [-0.2, 0) is 4.79 Å². The van der Waals surface area contributed by atoms with Crippen molar-refractivity contribution >= 4 is 12.1 Å². The highest BCUT2D eigenvalue weighted by molar-refractivity contribution is 5.79. The summed E-state index contributed by atoms with van der Waals surface area (Å²) in [6.07, 6.45) is 1.01. The van der Waals surface area contributed by atoms with Crippen molar-refractivity contribution in [3.05, 3.63) is 0 Å². The molecule has 0 saturated carbocycles. The van der Waals surface area contributed by atoms with Crippen LogP contribution in [0.1, 0.15) is 26.2 Å². The summed E-state index contributed by atoms with van der Waals surface area (Å²) in [5, 5.41) is 20.3. The molecule has 1 rings (SSSR count). The lowest BCUT2D eigenvalue weighted by atomic mass is 10.2. The van der Waals surface area contributed by atoms with E-state index in [1.807, 2.05) is 6.92 Å². The first kappa shape index (κ1) is 11.8. The molecule has 1 heterocycles. The number of hydrogen-bond acceptors (Lipinski definition) is 3. The molecular formula is C9H16N2O4. The second-order valence-electron chi connectivity index (χ2n) is 3.58. The van der Waals surface area contributed by atoms with Crippen molar-refractivity contribution in [2.45, 2.75) is 32.2 Å². The van der Waals surface area contributed by atoms with Gasteiger partial charge in [0, 0.05) is 13.1 Å². The van der Waals surface area contributed by atoms with Gasteiger partial charge in [0.1, 0.15) is 0 Å². The Morgan fingerprint density at radius 3 is 2.53 bits per heavy atom. The van der Waals surface area contributed by atoms with E-state index in [0.717, 1.165) is 17.9 Å². The van der Waals surface area contributed by atoms with E-state index in [9.17, 15) is 9.59 Å². The second kappa shape index (κ2) is 4.97. The number of nitrogens with zero attached hydrogens (tertiary/aromatic N) is 2. The number of aliphatic carboxylic acids is 1. The molecule has 0 aromatic carbocycles. The number of hydrazine groups is 1. The minimum Gasteiger partial charge on any atom is -0.480 e. The molecule has 1 unspecified atom stereocenters. The van der Waals surface area contributed by atoms with Crippen LogP contribution in [0.25, 0.3) is 0 Å². The van der Waals surface area contributed by atoms with Crippen LogP contribution >= 0.6 is 0 Å². The van der Waals surface area contributed by atoms with Crippen molar-refractivity contribution < 1.29 is 19.8 Å². The molecule has 0 radical (unpaired) electrons. The molecule has 0 aliphatic carbocycles. The third-order valence-electron chi connectivity index (χ3n) is 2.51. The quantitative estimate of drug-likeness (QED) is 0.727. The summed E-state index contributed by atoms with van der Waals surface area (Å²) in [7, 11) is 0. The highest BCUT2D eigenvalue weighted by Crippen LogP contribution is 2.19. The number of carboxylic acids is 1. The van der Waals surface area contributed by atoms with E-state index in [4.69, 9.17) is 10.2 Å². The smallest absolute Gasteiger partial charge is 0.422 e. The minimum absolute atomic E-state index is 0.366. The van der Waals surface area contributed by atoms with E-state index in [0.29, 0.717) is 19.5 Å². The molecule has 0 spiro atoms. The Bertz CT molecular complexity index is 256. The lowest BCUT2D eigenvalue weighted by molar-refractivity contribution is -0.145. The van der Waals surface area contributed by atoms with Crippen LogP contribution in [0.3, 0.4) is 0 Å². The predicted molar refractivity (Wildman–Crippen MR) is 52.4 cm³/mol. The molecule has 1 amide bonds. The van der Waals surface area contributed by atoms with Crippen LogP contribution in [0.2, 0.25) is 0 Å². The fourth-order valence-corrected chi connectivity index (χ4v) is 1.74. The lowest BCUT2D eigenvalue weighted by Crippen LogP contribution is -2.47. The van der Waals surface area contributed by atoms with E-state index in [2.05, 4.69) is 0 Å². The Kier molecular flexibility index (Phi) is 3.90. The number of amides is 1. The van der Waals surface area contributed by atoms with Gasteiger partial charge in [-0.05, 0) is 12.8 Å². The maximum absolute atomic E-state index is 10.9. The summed E-state index contributed by atoms with van der Waals surface area (Å²) in [6, 6.07) is -0.917. The Morgan fingerprint density at radius 2 is 2.07 bits per heavy atom. The Morgan fingerprint density at radius 1 is 1.40 bits per heavy atom. The van der Waals surface area contributed by atoms with E-state index in [1.54, 1.807) is 5.01 Å². The third-order valence-corrected chi connectivity index (χ3v) is 2.51. The maximum Gasteiger partial charge on any atom is 0.422 e. The van der Waals surface area contributed by atoms with Gasteiger partial charge in [0.05, 0.1) is 0 Å². The summed E-state index contributed by atoms with van der Waals surface area (Å²) in [6.45, 7) is 3.12. The van der Waals surface area contributed by atoms with Crippen molar-refractivity contribution in [3.8, 4) is 0 Å². The van der Waals surface area contributed by atoms with E-state index >= 15 is 0 Å². The molecule has 0 bridgehead atoms. The van der Waals surface area contributed by atoms with Crippen molar-refractivity contribution in [2.24, 2.45) is 0 Å². The molecule has 1 atom stereocenters. The topological polar surface area (TPSA) is 81.1 Å². The molecule has 1 aliphatic rings.